The standard InChI is InChI=1S/C17H27FN4/c1-4-6-7-8-9-13-22(3)17(19-5-2)21-14-16-15(18)11-10-12-20-16/h4,10-12H,1,5-9,13-14H2,2-3H3,(H,19,21). The number of aliphatic imine (C=N–C) groups is 1. The van der Waals surface area contributed by atoms with Crippen molar-refractivity contribution in [2.24, 2.45) is 4.99 Å². The summed E-state index contributed by atoms with van der Waals surface area (Å²) in [5.41, 5.74) is 0.372. The minimum atomic E-state index is -0.311. The number of nitrogens with zero attached hydrogens (tertiary/aromatic N) is 3. The van der Waals surface area contributed by atoms with Crippen LogP contribution < -0.4 is 5.32 Å². The van der Waals surface area contributed by atoms with Gasteiger partial charge in [0.1, 0.15) is 5.82 Å². The Balaban J connectivity index is 2.53. The van der Waals surface area contributed by atoms with Gasteiger partial charge < -0.3 is 10.2 Å². The third-order valence-electron chi connectivity index (χ3n) is 3.31. The van der Waals surface area contributed by atoms with Crippen LogP contribution in [0.1, 0.15) is 38.3 Å². The number of nitrogens with one attached hydrogen (secondary N) is 1. The highest BCUT2D eigenvalue weighted by Crippen LogP contribution is 2.05. The molecule has 0 saturated heterocycles. The predicted octanol–water partition coefficient (Wildman–Crippen LogP) is 3.36. The smallest absolute Gasteiger partial charge is 0.194 e. The highest BCUT2D eigenvalue weighted by Gasteiger charge is 2.07. The molecule has 122 valence electrons. The molecule has 1 N–H and O–H groups in total. The van der Waals surface area contributed by atoms with E-state index in [0.717, 1.165) is 31.9 Å². The van der Waals surface area contributed by atoms with Gasteiger partial charge in [-0.15, -0.1) is 6.58 Å². The number of pyridine rings is 1. The van der Waals surface area contributed by atoms with Crippen molar-refractivity contribution in [2.75, 3.05) is 20.1 Å². The molecule has 0 aliphatic carbocycles. The fourth-order valence-electron chi connectivity index (χ4n) is 2.07. The highest BCUT2D eigenvalue weighted by atomic mass is 19.1. The first kappa shape index (κ1) is 18.1. The van der Waals surface area contributed by atoms with E-state index in [2.05, 4.69) is 26.8 Å². The molecule has 0 bridgehead atoms. The van der Waals surface area contributed by atoms with Gasteiger partial charge in [-0.3, -0.25) is 4.98 Å². The molecule has 1 heterocycles. The van der Waals surface area contributed by atoms with Crippen molar-refractivity contribution in [3.05, 3.63) is 42.5 Å². The van der Waals surface area contributed by atoms with Crippen LogP contribution in [0.25, 0.3) is 0 Å². The maximum atomic E-state index is 13.6. The topological polar surface area (TPSA) is 40.5 Å². The molecule has 0 unspecified atom stereocenters. The van der Waals surface area contributed by atoms with Gasteiger partial charge in [0.25, 0.3) is 0 Å². The first-order valence-corrected chi connectivity index (χ1v) is 7.88. The molecular weight excluding hydrogens is 279 g/mol. The zero-order valence-corrected chi connectivity index (χ0v) is 13.7. The number of guanidine groups is 1. The normalized spacial score (nSPS) is 11.3. The Kier molecular flexibility index (Phi) is 8.88. The average Bonchev–Trinajstić information content (AvgIpc) is 2.52. The number of hydrogen-bond acceptors (Lipinski definition) is 2. The van der Waals surface area contributed by atoms with E-state index in [1.54, 1.807) is 12.3 Å². The van der Waals surface area contributed by atoms with Gasteiger partial charge in [0.2, 0.25) is 0 Å². The lowest BCUT2D eigenvalue weighted by Crippen LogP contribution is -2.39. The van der Waals surface area contributed by atoms with Gasteiger partial charge in [0.05, 0.1) is 12.2 Å². The van der Waals surface area contributed by atoms with Crippen molar-refractivity contribution in [2.45, 2.75) is 39.2 Å². The van der Waals surface area contributed by atoms with Gasteiger partial charge in [-0.2, -0.15) is 0 Å². The van der Waals surface area contributed by atoms with Crippen LogP contribution in [0.5, 0.6) is 0 Å². The fourth-order valence-corrected chi connectivity index (χ4v) is 2.07. The summed E-state index contributed by atoms with van der Waals surface area (Å²) in [5.74, 6) is 0.477. The summed E-state index contributed by atoms with van der Waals surface area (Å²) in [6, 6.07) is 3.00. The molecule has 22 heavy (non-hydrogen) atoms. The number of allylic oxidation sites excluding steroid dienone is 1. The Morgan fingerprint density at radius 3 is 2.95 bits per heavy atom. The van der Waals surface area contributed by atoms with Gasteiger partial charge >= 0.3 is 0 Å². The van der Waals surface area contributed by atoms with Crippen LogP contribution >= 0.6 is 0 Å². The molecule has 0 aromatic carbocycles. The Morgan fingerprint density at radius 2 is 2.27 bits per heavy atom. The zero-order chi connectivity index (χ0) is 16.2. The number of unbranched alkanes of at least 4 members (excludes halogenated alkanes) is 3. The molecule has 0 fully saturated rings. The first-order chi connectivity index (χ1) is 10.7. The van der Waals surface area contributed by atoms with Crippen LogP contribution in [0.4, 0.5) is 4.39 Å². The van der Waals surface area contributed by atoms with E-state index in [1.165, 1.54) is 18.9 Å². The van der Waals surface area contributed by atoms with Crippen LogP contribution in [-0.2, 0) is 6.54 Å². The fraction of sp³-hybridized carbons (Fsp3) is 0.529. The summed E-state index contributed by atoms with van der Waals surface area (Å²) in [4.78, 5) is 10.6. The molecule has 5 heteroatoms. The Labute approximate surface area is 133 Å². The molecule has 0 amide bonds. The van der Waals surface area contributed by atoms with E-state index in [0.29, 0.717) is 5.69 Å². The van der Waals surface area contributed by atoms with Crippen LogP contribution in [0, 0.1) is 5.82 Å². The van der Waals surface area contributed by atoms with E-state index in [-0.39, 0.29) is 12.4 Å². The number of rotatable bonds is 9. The summed E-state index contributed by atoms with van der Waals surface area (Å²) in [6.45, 7) is 7.70. The van der Waals surface area contributed by atoms with Crippen LogP contribution in [0.15, 0.2) is 36.0 Å². The summed E-state index contributed by atoms with van der Waals surface area (Å²) >= 11 is 0. The molecular formula is C17H27FN4. The Morgan fingerprint density at radius 1 is 1.45 bits per heavy atom. The van der Waals surface area contributed by atoms with Crippen molar-refractivity contribution in [1.82, 2.24) is 15.2 Å². The lowest BCUT2D eigenvalue weighted by atomic mass is 10.2. The van der Waals surface area contributed by atoms with Crippen LogP contribution in [0.2, 0.25) is 0 Å². The second-order valence-corrected chi connectivity index (χ2v) is 5.16. The highest BCUT2D eigenvalue weighted by molar-refractivity contribution is 5.79. The van der Waals surface area contributed by atoms with Gasteiger partial charge in [0, 0.05) is 26.3 Å². The number of aromatic nitrogens is 1. The summed E-state index contributed by atoms with van der Waals surface area (Å²) in [6.07, 6.45) is 8.05. The zero-order valence-electron chi connectivity index (χ0n) is 13.7. The van der Waals surface area contributed by atoms with Crippen molar-refractivity contribution in [1.29, 1.82) is 0 Å². The van der Waals surface area contributed by atoms with Crippen molar-refractivity contribution >= 4 is 5.96 Å². The second-order valence-electron chi connectivity index (χ2n) is 5.16. The van der Waals surface area contributed by atoms with Crippen molar-refractivity contribution < 1.29 is 4.39 Å². The summed E-state index contributed by atoms with van der Waals surface area (Å²) in [7, 11) is 2.00. The first-order valence-electron chi connectivity index (χ1n) is 7.88. The quantitative estimate of drug-likeness (QED) is 0.329. The molecule has 0 radical (unpaired) electrons. The third kappa shape index (κ3) is 6.70. The number of hydrogen-bond donors (Lipinski definition) is 1. The largest absolute Gasteiger partial charge is 0.357 e. The van der Waals surface area contributed by atoms with Crippen LogP contribution in [0.3, 0.4) is 0 Å². The average molecular weight is 306 g/mol. The van der Waals surface area contributed by atoms with E-state index in [9.17, 15) is 4.39 Å². The lowest BCUT2D eigenvalue weighted by Gasteiger charge is -2.22. The maximum Gasteiger partial charge on any atom is 0.194 e. The minimum Gasteiger partial charge on any atom is -0.357 e. The van der Waals surface area contributed by atoms with Gasteiger partial charge in [-0.1, -0.05) is 12.5 Å². The Bertz CT molecular complexity index is 473. The third-order valence-corrected chi connectivity index (χ3v) is 3.31. The van der Waals surface area contributed by atoms with Crippen molar-refractivity contribution in [3.8, 4) is 0 Å². The summed E-state index contributed by atoms with van der Waals surface area (Å²) < 4.78 is 13.6. The molecule has 0 aliphatic rings. The second kappa shape index (κ2) is 10.8. The Hall–Kier alpha value is -1.91. The van der Waals surface area contributed by atoms with E-state index in [4.69, 9.17) is 0 Å². The molecule has 1 aromatic heterocycles. The summed E-state index contributed by atoms with van der Waals surface area (Å²) in [5, 5.41) is 3.23. The maximum absolute atomic E-state index is 13.6. The monoisotopic (exact) mass is 306 g/mol. The predicted molar refractivity (Wildman–Crippen MR) is 90.3 cm³/mol. The molecule has 0 spiro atoms. The van der Waals surface area contributed by atoms with E-state index < -0.39 is 0 Å². The molecule has 0 atom stereocenters. The SMILES string of the molecule is C=CCCCCCN(C)C(=NCc1ncccc1F)NCC. The van der Waals surface area contributed by atoms with Gasteiger partial charge in [0.15, 0.2) is 5.96 Å². The van der Waals surface area contributed by atoms with E-state index in [1.807, 2.05) is 20.0 Å². The molecule has 0 aliphatic heterocycles. The number of halogens is 1. The van der Waals surface area contributed by atoms with E-state index >= 15 is 0 Å². The van der Waals surface area contributed by atoms with Crippen molar-refractivity contribution in [3.63, 3.8) is 0 Å². The molecule has 1 rings (SSSR count). The molecule has 1 aromatic rings. The molecule has 0 saturated carbocycles. The van der Waals surface area contributed by atoms with Gasteiger partial charge in [-0.25, -0.2) is 9.38 Å². The lowest BCUT2D eigenvalue weighted by molar-refractivity contribution is 0.454. The minimum absolute atomic E-state index is 0.246. The van der Waals surface area contributed by atoms with Gasteiger partial charge in [-0.05, 0) is 38.3 Å². The van der Waals surface area contributed by atoms with Crippen LogP contribution in [-0.4, -0.2) is 36.0 Å². The molecule has 4 nitrogen and oxygen atoms in total.